The second-order valence-electron chi connectivity index (χ2n) is 7.19. The topological polar surface area (TPSA) is 19.4 Å². The number of thiazole rings is 1. The van der Waals surface area contributed by atoms with Gasteiger partial charge in [-0.3, -0.25) is 9.80 Å². The van der Waals surface area contributed by atoms with E-state index in [9.17, 15) is 0 Å². The van der Waals surface area contributed by atoms with Crippen LogP contribution < -0.4 is 0 Å². The fourth-order valence-electron chi connectivity index (χ4n) is 3.47. The first-order valence-electron chi connectivity index (χ1n) is 9.36. The van der Waals surface area contributed by atoms with Crippen molar-refractivity contribution in [2.24, 2.45) is 0 Å². The highest BCUT2D eigenvalue weighted by Crippen LogP contribution is 2.25. The SMILES string of the molecule is Cc1cccc(-c2nc(CN3CCN(Cc4ccc(Cl)cc4)CC3)cs2)c1. The monoisotopic (exact) mass is 397 g/mol. The minimum atomic E-state index is 0.803. The number of benzene rings is 2. The number of rotatable bonds is 5. The summed E-state index contributed by atoms with van der Waals surface area (Å²) in [5.41, 5.74) is 5.01. The average molecular weight is 398 g/mol. The zero-order valence-electron chi connectivity index (χ0n) is 15.6. The summed E-state index contributed by atoms with van der Waals surface area (Å²) in [7, 11) is 0. The molecule has 0 bridgehead atoms. The Morgan fingerprint density at radius 2 is 1.67 bits per heavy atom. The van der Waals surface area contributed by atoms with Gasteiger partial charge in [-0.05, 0) is 30.7 Å². The fourth-order valence-corrected chi connectivity index (χ4v) is 4.41. The number of aromatic nitrogens is 1. The Bertz CT molecular complexity index is 883. The van der Waals surface area contributed by atoms with Crippen molar-refractivity contribution in [2.75, 3.05) is 26.2 Å². The van der Waals surface area contributed by atoms with Gasteiger partial charge in [0, 0.05) is 55.2 Å². The summed E-state index contributed by atoms with van der Waals surface area (Å²) < 4.78 is 0. The van der Waals surface area contributed by atoms with Gasteiger partial charge in [-0.15, -0.1) is 11.3 Å². The van der Waals surface area contributed by atoms with E-state index in [2.05, 4.69) is 58.5 Å². The van der Waals surface area contributed by atoms with Crippen LogP contribution in [0.25, 0.3) is 10.6 Å². The Morgan fingerprint density at radius 1 is 0.963 bits per heavy atom. The van der Waals surface area contributed by atoms with Gasteiger partial charge in [0.1, 0.15) is 5.01 Å². The van der Waals surface area contributed by atoms with Crippen molar-refractivity contribution in [3.8, 4) is 10.6 Å². The summed E-state index contributed by atoms with van der Waals surface area (Å²) in [4.78, 5) is 9.88. The quantitative estimate of drug-likeness (QED) is 0.597. The lowest BCUT2D eigenvalue weighted by Crippen LogP contribution is -2.45. The van der Waals surface area contributed by atoms with E-state index in [0.717, 1.165) is 49.3 Å². The maximum Gasteiger partial charge on any atom is 0.123 e. The first-order chi connectivity index (χ1) is 13.2. The largest absolute Gasteiger partial charge is 0.297 e. The normalized spacial score (nSPS) is 15.9. The molecule has 1 aliphatic rings. The molecule has 3 aromatic rings. The van der Waals surface area contributed by atoms with Crippen LogP contribution in [-0.4, -0.2) is 41.0 Å². The van der Waals surface area contributed by atoms with Crippen molar-refractivity contribution < 1.29 is 0 Å². The van der Waals surface area contributed by atoms with E-state index < -0.39 is 0 Å². The van der Waals surface area contributed by atoms with E-state index >= 15 is 0 Å². The third-order valence-electron chi connectivity index (χ3n) is 4.99. The number of hydrogen-bond acceptors (Lipinski definition) is 4. The molecule has 0 spiro atoms. The molecule has 1 saturated heterocycles. The minimum absolute atomic E-state index is 0.803. The van der Waals surface area contributed by atoms with Gasteiger partial charge in [-0.25, -0.2) is 4.98 Å². The van der Waals surface area contributed by atoms with E-state index in [0.29, 0.717) is 0 Å². The van der Waals surface area contributed by atoms with Gasteiger partial charge in [-0.2, -0.15) is 0 Å². The molecule has 0 saturated carbocycles. The lowest BCUT2D eigenvalue weighted by atomic mass is 10.1. The number of hydrogen-bond donors (Lipinski definition) is 0. The molecule has 0 radical (unpaired) electrons. The summed E-state index contributed by atoms with van der Waals surface area (Å²) >= 11 is 7.72. The summed E-state index contributed by atoms with van der Waals surface area (Å²) in [5.74, 6) is 0. The van der Waals surface area contributed by atoms with Crippen LogP contribution in [0, 0.1) is 6.92 Å². The van der Waals surface area contributed by atoms with E-state index in [1.165, 1.54) is 22.4 Å². The molecule has 0 atom stereocenters. The van der Waals surface area contributed by atoms with Crippen LogP contribution in [0.5, 0.6) is 0 Å². The number of nitrogens with zero attached hydrogens (tertiary/aromatic N) is 3. The summed E-state index contributed by atoms with van der Waals surface area (Å²) in [6.45, 7) is 8.43. The minimum Gasteiger partial charge on any atom is -0.297 e. The van der Waals surface area contributed by atoms with Crippen molar-refractivity contribution >= 4 is 22.9 Å². The van der Waals surface area contributed by atoms with E-state index in [4.69, 9.17) is 16.6 Å². The zero-order chi connectivity index (χ0) is 18.6. The van der Waals surface area contributed by atoms with Crippen molar-refractivity contribution in [3.05, 3.63) is 75.8 Å². The Hall–Kier alpha value is -1.72. The highest BCUT2D eigenvalue weighted by molar-refractivity contribution is 7.13. The molecule has 0 amide bonds. The Balaban J connectivity index is 1.30. The first kappa shape index (κ1) is 18.6. The van der Waals surface area contributed by atoms with Crippen LogP contribution in [0.1, 0.15) is 16.8 Å². The van der Waals surface area contributed by atoms with Crippen LogP contribution in [0.15, 0.2) is 53.9 Å². The molecule has 2 aromatic carbocycles. The van der Waals surface area contributed by atoms with Crippen LogP contribution in [0.4, 0.5) is 0 Å². The summed E-state index contributed by atoms with van der Waals surface area (Å²) in [5, 5.41) is 4.13. The van der Waals surface area contributed by atoms with Crippen molar-refractivity contribution in [2.45, 2.75) is 20.0 Å². The van der Waals surface area contributed by atoms with Gasteiger partial charge < -0.3 is 0 Å². The molecule has 5 heteroatoms. The van der Waals surface area contributed by atoms with Gasteiger partial charge in [0.15, 0.2) is 0 Å². The third kappa shape index (κ3) is 4.96. The smallest absolute Gasteiger partial charge is 0.123 e. The lowest BCUT2D eigenvalue weighted by molar-refractivity contribution is 0.121. The molecule has 1 aliphatic heterocycles. The maximum absolute atomic E-state index is 5.97. The average Bonchev–Trinajstić information content (AvgIpc) is 3.14. The van der Waals surface area contributed by atoms with Gasteiger partial charge >= 0.3 is 0 Å². The predicted molar refractivity (Wildman–Crippen MR) is 114 cm³/mol. The van der Waals surface area contributed by atoms with Crippen LogP contribution in [0.3, 0.4) is 0 Å². The van der Waals surface area contributed by atoms with Crippen LogP contribution in [-0.2, 0) is 13.1 Å². The second kappa shape index (κ2) is 8.53. The third-order valence-corrected chi connectivity index (χ3v) is 6.18. The second-order valence-corrected chi connectivity index (χ2v) is 8.49. The van der Waals surface area contributed by atoms with Gasteiger partial charge in [-0.1, -0.05) is 47.5 Å². The lowest BCUT2D eigenvalue weighted by Gasteiger charge is -2.34. The number of halogens is 1. The maximum atomic E-state index is 5.97. The molecular formula is C22H24ClN3S. The Labute approximate surface area is 170 Å². The summed E-state index contributed by atoms with van der Waals surface area (Å²) in [6.07, 6.45) is 0. The molecule has 2 heterocycles. The molecule has 27 heavy (non-hydrogen) atoms. The van der Waals surface area contributed by atoms with Crippen molar-refractivity contribution in [3.63, 3.8) is 0 Å². The highest BCUT2D eigenvalue weighted by atomic mass is 35.5. The van der Waals surface area contributed by atoms with E-state index in [1.807, 2.05) is 12.1 Å². The van der Waals surface area contributed by atoms with Crippen LogP contribution in [0.2, 0.25) is 5.02 Å². The number of aryl methyl sites for hydroxylation is 1. The van der Waals surface area contributed by atoms with Crippen molar-refractivity contribution in [1.29, 1.82) is 0 Å². The Morgan fingerprint density at radius 3 is 2.37 bits per heavy atom. The molecule has 140 valence electrons. The van der Waals surface area contributed by atoms with Crippen molar-refractivity contribution in [1.82, 2.24) is 14.8 Å². The van der Waals surface area contributed by atoms with E-state index in [1.54, 1.807) is 11.3 Å². The standard InChI is InChI=1S/C22H24ClN3S/c1-17-3-2-4-19(13-17)22-24-21(16-27-22)15-26-11-9-25(10-12-26)14-18-5-7-20(23)8-6-18/h2-8,13,16H,9-12,14-15H2,1H3. The fraction of sp³-hybridized carbons (Fsp3) is 0.318. The molecule has 1 aromatic heterocycles. The van der Waals surface area contributed by atoms with Gasteiger partial charge in [0.05, 0.1) is 5.69 Å². The first-order valence-corrected chi connectivity index (χ1v) is 10.6. The predicted octanol–water partition coefficient (Wildman–Crippen LogP) is 5.09. The van der Waals surface area contributed by atoms with Gasteiger partial charge in [0.25, 0.3) is 0 Å². The highest BCUT2D eigenvalue weighted by Gasteiger charge is 2.18. The molecule has 4 rings (SSSR count). The zero-order valence-corrected chi connectivity index (χ0v) is 17.1. The Kier molecular flexibility index (Phi) is 5.89. The molecule has 0 unspecified atom stereocenters. The van der Waals surface area contributed by atoms with E-state index in [-0.39, 0.29) is 0 Å². The van der Waals surface area contributed by atoms with Crippen LogP contribution >= 0.6 is 22.9 Å². The molecule has 0 aliphatic carbocycles. The van der Waals surface area contributed by atoms with Gasteiger partial charge in [0.2, 0.25) is 0 Å². The molecule has 0 N–H and O–H groups in total. The summed E-state index contributed by atoms with van der Waals surface area (Å²) in [6, 6.07) is 16.8. The molecule has 3 nitrogen and oxygen atoms in total. The molecular weight excluding hydrogens is 374 g/mol. The number of piperazine rings is 1. The molecule has 1 fully saturated rings.